The third-order valence-electron chi connectivity index (χ3n) is 5.03. The van der Waals surface area contributed by atoms with Gasteiger partial charge in [-0.1, -0.05) is 78.9 Å². The summed E-state index contributed by atoms with van der Waals surface area (Å²) in [7, 11) is 0. The van der Waals surface area contributed by atoms with Gasteiger partial charge in [0, 0.05) is 5.56 Å². The van der Waals surface area contributed by atoms with E-state index in [0.717, 1.165) is 32.7 Å². The predicted molar refractivity (Wildman–Crippen MR) is 120 cm³/mol. The zero-order valence-corrected chi connectivity index (χ0v) is 16.5. The number of carbonyl (C=O) groups excluding carboxylic acids is 2. The summed E-state index contributed by atoms with van der Waals surface area (Å²) in [6, 6.07) is 27.3. The van der Waals surface area contributed by atoms with Gasteiger partial charge < -0.3 is 5.32 Å². The number of carbonyl (C=O) groups is 2. The van der Waals surface area contributed by atoms with Gasteiger partial charge in [-0.3, -0.25) is 9.59 Å². The Labute approximate surface area is 174 Å². The van der Waals surface area contributed by atoms with Crippen LogP contribution in [0.1, 0.15) is 24.1 Å². The third kappa shape index (κ3) is 4.05. The number of hydrazone groups is 1. The van der Waals surface area contributed by atoms with Crippen LogP contribution in [0.2, 0.25) is 0 Å². The quantitative estimate of drug-likeness (QED) is 0.234. The van der Waals surface area contributed by atoms with Crippen molar-refractivity contribution in [2.24, 2.45) is 5.10 Å². The van der Waals surface area contributed by atoms with Gasteiger partial charge in [0.15, 0.2) is 0 Å². The third-order valence-corrected chi connectivity index (χ3v) is 5.03. The van der Waals surface area contributed by atoms with Crippen LogP contribution < -0.4 is 10.7 Å². The van der Waals surface area contributed by atoms with Crippen molar-refractivity contribution >= 4 is 39.6 Å². The van der Waals surface area contributed by atoms with Gasteiger partial charge in [-0.15, -0.1) is 0 Å². The number of rotatable bonds is 4. The first kappa shape index (κ1) is 19.3. The molecule has 1 atom stereocenters. The molecule has 0 radical (unpaired) electrons. The number of amides is 2. The average Bonchev–Trinajstić information content (AvgIpc) is 2.79. The average molecular weight is 395 g/mol. The lowest BCUT2D eigenvalue weighted by molar-refractivity contribution is -0.139. The van der Waals surface area contributed by atoms with E-state index in [0.29, 0.717) is 0 Å². The molecule has 0 aromatic heterocycles. The Bertz CT molecular complexity index is 1200. The molecule has 0 aliphatic heterocycles. The van der Waals surface area contributed by atoms with Crippen LogP contribution in [0.15, 0.2) is 90.0 Å². The van der Waals surface area contributed by atoms with Gasteiger partial charge in [0.2, 0.25) is 0 Å². The smallest absolute Gasteiger partial charge is 0.329 e. The van der Waals surface area contributed by atoms with Crippen molar-refractivity contribution < 1.29 is 9.59 Å². The van der Waals surface area contributed by atoms with Crippen LogP contribution in [0.25, 0.3) is 21.5 Å². The number of nitrogens with zero attached hydrogens (tertiary/aromatic N) is 1. The molecule has 30 heavy (non-hydrogen) atoms. The van der Waals surface area contributed by atoms with E-state index in [2.05, 4.69) is 21.9 Å². The maximum atomic E-state index is 12.2. The fourth-order valence-electron chi connectivity index (χ4n) is 3.48. The van der Waals surface area contributed by atoms with Gasteiger partial charge in [0.05, 0.1) is 12.3 Å². The van der Waals surface area contributed by atoms with Gasteiger partial charge in [0.1, 0.15) is 0 Å². The largest absolute Gasteiger partial charge is 0.341 e. The summed E-state index contributed by atoms with van der Waals surface area (Å²) in [5.74, 6) is -1.54. The maximum Gasteiger partial charge on any atom is 0.329 e. The zero-order chi connectivity index (χ0) is 20.9. The van der Waals surface area contributed by atoms with Gasteiger partial charge in [-0.2, -0.15) is 5.10 Å². The van der Waals surface area contributed by atoms with E-state index in [1.807, 2.05) is 85.8 Å². The van der Waals surface area contributed by atoms with E-state index in [4.69, 9.17) is 0 Å². The summed E-state index contributed by atoms with van der Waals surface area (Å²) in [4.78, 5) is 24.4. The van der Waals surface area contributed by atoms with Gasteiger partial charge >= 0.3 is 11.8 Å². The Balaban J connectivity index is 1.52. The fraction of sp³-hybridized carbons (Fsp3) is 0.0800. The summed E-state index contributed by atoms with van der Waals surface area (Å²) in [6.07, 6.45) is 1.59. The van der Waals surface area contributed by atoms with Crippen molar-refractivity contribution in [3.63, 3.8) is 0 Å². The van der Waals surface area contributed by atoms with E-state index in [-0.39, 0.29) is 6.04 Å². The van der Waals surface area contributed by atoms with E-state index in [9.17, 15) is 9.59 Å². The van der Waals surface area contributed by atoms with Crippen LogP contribution in [0.5, 0.6) is 0 Å². The minimum Gasteiger partial charge on any atom is -0.341 e. The van der Waals surface area contributed by atoms with Gasteiger partial charge in [-0.25, -0.2) is 5.43 Å². The Hall–Kier alpha value is -3.99. The molecule has 0 spiro atoms. The molecule has 148 valence electrons. The van der Waals surface area contributed by atoms with Crippen molar-refractivity contribution in [3.8, 4) is 0 Å². The molecule has 4 rings (SSSR count). The van der Waals surface area contributed by atoms with Crippen LogP contribution in [0, 0.1) is 0 Å². The highest BCUT2D eigenvalue weighted by Gasteiger charge is 2.16. The lowest BCUT2D eigenvalue weighted by atomic mass is 9.97. The summed E-state index contributed by atoms with van der Waals surface area (Å²) < 4.78 is 0. The molecular weight excluding hydrogens is 374 g/mol. The van der Waals surface area contributed by atoms with Gasteiger partial charge in [-0.05, 0) is 40.1 Å². The molecule has 0 heterocycles. The van der Waals surface area contributed by atoms with Gasteiger partial charge in [0.25, 0.3) is 0 Å². The molecule has 0 aliphatic carbocycles. The molecule has 0 unspecified atom stereocenters. The topological polar surface area (TPSA) is 70.6 Å². The van der Waals surface area contributed by atoms with Crippen molar-refractivity contribution in [1.29, 1.82) is 0 Å². The van der Waals surface area contributed by atoms with Crippen LogP contribution in [-0.2, 0) is 9.59 Å². The van der Waals surface area contributed by atoms with Crippen LogP contribution in [0.4, 0.5) is 0 Å². The fourth-order valence-corrected chi connectivity index (χ4v) is 3.48. The second-order valence-corrected chi connectivity index (χ2v) is 7.04. The standard InChI is InChI=1S/C25H21N3O2/c1-17(18-9-3-2-4-10-18)27-24(29)25(30)28-26-16-23-21-13-7-5-11-19(21)15-20-12-6-8-14-22(20)23/h2-17H,1H3,(H,27,29)(H,28,30)/b26-16-/t17-/m1/s1. The van der Waals surface area contributed by atoms with E-state index >= 15 is 0 Å². The lowest BCUT2D eigenvalue weighted by Gasteiger charge is -2.13. The van der Waals surface area contributed by atoms with E-state index in [1.54, 1.807) is 6.21 Å². The maximum absolute atomic E-state index is 12.2. The normalized spacial score (nSPS) is 12.2. The molecule has 5 nitrogen and oxygen atoms in total. The van der Waals surface area contributed by atoms with Crippen molar-refractivity contribution in [3.05, 3.63) is 96.1 Å². The van der Waals surface area contributed by atoms with Crippen LogP contribution >= 0.6 is 0 Å². The zero-order valence-electron chi connectivity index (χ0n) is 16.5. The highest BCUT2D eigenvalue weighted by Crippen LogP contribution is 2.27. The molecule has 2 N–H and O–H groups in total. The summed E-state index contributed by atoms with van der Waals surface area (Å²) >= 11 is 0. The van der Waals surface area contributed by atoms with Crippen molar-refractivity contribution in [2.45, 2.75) is 13.0 Å². The highest BCUT2D eigenvalue weighted by molar-refractivity contribution is 6.35. The molecule has 2 amide bonds. The summed E-state index contributed by atoms with van der Waals surface area (Å²) in [5, 5.41) is 10.9. The first-order valence-electron chi connectivity index (χ1n) is 9.73. The molecule has 0 saturated heterocycles. The van der Waals surface area contributed by atoms with Crippen molar-refractivity contribution in [2.75, 3.05) is 0 Å². The summed E-state index contributed by atoms with van der Waals surface area (Å²) in [6.45, 7) is 1.83. The molecular formula is C25H21N3O2. The Kier molecular flexibility index (Phi) is 5.52. The second kappa shape index (κ2) is 8.57. The Morgan fingerprint density at radius 2 is 1.37 bits per heavy atom. The number of nitrogens with one attached hydrogen (secondary N) is 2. The summed E-state index contributed by atoms with van der Waals surface area (Å²) in [5.41, 5.74) is 4.15. The molecule has 4 aromatic carbocycles. The van der Waals surface area contributed by atoms with Crippen LogP contribution in [-0.4, -0.2) is 18.0 Å². The molecule has 0 bridgehead atoms. The minimum absolute atomic E-state index is 0.282. The Morgan fingerprint density at radius 1 is 0.800 bits per heavy atom. The molecule has 0 aliphatic rings. The molecule has 0 fully saturated rings. The molecule has 0 saturated carbocycles. The highest BCUT2D eigenvalue weighted by atomic mass is 16.2. The first-order chi connectivity index (χ1) is 14.6. The van der Waals surface area contributed by atoms with E-state index < -0.39 is 11.8 Å². The number of fused-ring (bicyclic) bond motifs is 2. The Morgan fingerprint density at radius 3 is 2.00 bits per heavy atom. The lowest BCUT2D eigenvalue weighted by Crippen LogP contribution is -2.39. The van der Waals surface area contributed by atoms with Crippen molar-refractivity contribution in [1.82, 2.24) is 10.7 Å². The number of hydrogen-bond donors (Lipinski definition) is 2. The second-order valence-electron chi connectivity index (χ2n) is 7.04. The molecule has 4 aromatic rings. The minimum atomic E-state index is -0.807. The molecule has 5 heteroatoms. The SMILES string of the molecule is C[C@@H](NC(=O)C(=O)N/N=C\c1c2ccccc2cc2ccccc12)c1ccccc1. The number of benzene rings is 4. The predicted octanol–water partition coefficient (Wildman–Crippen LogP) is 4.32. The monoisotopic (exact) mass is 395 g/mol. The first-order valence-corrected chi connectivity index (χ1v) is 9.73. The van der Waals surface area contributed by atoms with Crippen LogP contribution in [0.3, 0.4) is 0 Å². The number of hydrogen-bond acceptors (Lipinski definition) is 3. The van der Waals surface area contributed by atoms with E-state index in [1.165, 1.54) is 0 Å².